The Kier molecular flexibility index (Phi) is 6.80. The average Bonchev–Trinajstić information content (AvgIpc) is 3.51. The molecule has 3 aromatic rings. The van der Waals surface area contributed by atoms with Gasteiger partial charge in [-0.25, -0.2) is 0 Å². The highest BCUT2D eigenvalue weighted by Gasteiger charge is 2.56. The molecule has 3 N–H and O–H groups in total. The summed E-state index contributed by atoms with van der Waals surface area (Å²) in [6.45, 7) is 5.97. The molecule has 2 bridgehead atoms. The van der Waals surface area contributed by atoms with Crippen molar-refractivity contribution in [1.82, 2.24) is 15.1 Å². The van der Waals surface area contributed by atoms with E-state index in [2.05, 4.69) is 27.3 Å². The lowest BCUT2D eigenvalue weighted by Crippen LogP contribution is -2.68. The molecule has 0 spiro atoms. The van der Waals surface area contributed by atoms with Crippen LogP contribution in [0.5, 0.6) is 23.0 Å². The number of phenols is 2. The van der Waals surface area contributed by atoms with Crippen LogP contribution in [-0.2, 0) is 17.6 Å². The van der Waals surface area contributed by atoms with E-state index in [0.717, 1.165) is 38.9 Å². The van der Waals surface area contributed by atoms with Crippen molar-refractivity contribution in [3.63, 3.8) is 0 Å². The van der Waals surface area contributed by atoms with Gasteiger partial charge in [0, 0.05) is 47.0 Å². The standard InChI is InChI=1S/C35H36N4O5/c1-18-12-22-13-24-26(15-36)39-25(31(38(24)4)29(22)33(42)19(18)2)14-23-30(35-34(43-17-44-35)20(3)32(23)41)27(39)16-37-28(40)11-10-21-8-6-5-7-9-21/h5-12,24-27,31,41-42H,13-14,16-17H2,1-4H3,(H,37,40)/b11-10+/t24-,25?,26-,27-,31+/m0/s1. The molecule has 7 rings (SSSR count). The van der Waals surface area contributed by atoms with Gasteiger partial charge in [-0.15, -0.1) is 0 Å². The number of benzene rings is 3. The number of rotatable bonds is 4. The molecule has 0 aliphatic carbocycles. The number of hydrogen-bond acceptors (Lipinski definition) is 8. The number of ether oxygens (including phenoxy) is 2. The number of nitrogens with one attached hydrogen (secondary N) is 1. The van der Waals surface area contributed by atoms with Gasteiger partial charge >= 0.3 is 0 Å². The molecule has 4 aliphatic heterocycles. The molecule has 5 atom stereocenters. The monoisotopic (exact) mass is 592 g/mol. The molecule has 226 valence electrons. The first-order chi connectivity index (χ1) is 21.2. The highest BCUT2D eigenvalue weighted by Crippen LogP contribution is 2.57. The van der Waals surface area contributed by atoms with E-state index in [4.69, 9.17) is 9.47 Å². The molecule has 0 radical (unpaired) electrons. The first-order valence-corrected chi connectivity index (χ1v) is 15.1. The van der Waals surface area contributed by atoms with Crippen LogP contribution >= 0.6 is 0 Å². The number of aryl methyl sites for hydroxylation is 1. The number of phenolic OH excluding ortho intramolecular Hbond substituents is 2. The van der Waals surface area contributed by atoms with Crippen molar-refractivity contribution in [2.45, 2.75) is 63.8 Å². The predicted molar refractivity (Wildman–Crippen MR) is 165 cm³/mol. The van der Waals surface area contributed by atoms with Crippen molar-refractivity contribution in [2.75, 3.05) is 20.4 Å². The summed E-state index contributed by atoms with van der Waals surface area (Å²) in [5.41, 5.74) is 6.80. The fourth-order valence-corrected chi connectivity index (χ4v) is 7.90. The Balaban J connectivity index is 1.35. The summed E-state index contributed by atoms with van der Waals surface area (Å²) >= 11 is 0. The van der Waals surface area contributed by atoms with E-state index in [0.29, 0.717) is 35.7 Å². The van der Waals surface area contributed by atoms with Gasteiger partial charge in [0.2, 0.25) is 12.7 Å². The third-order valence-corrected chi connectivity index (χ3v) is 10.2. The number of fused-ring (bicyclic) bond motifs is 9. The fourth-order valence-electron chi connectivity index (χ4n) is 7.90. The second kappa shape index (κ2) is 10.6. The van der Waals surface area contributed by atoms with Gasteiger partial charge < -0.3 is 25.0 Å². The van der Waals surface area contributed by atoms with Crippen LogP contribution in [0.4, 0.5) is 0 Å². The average molecular weight is 593 g/mol. The fraction of sp³-hybridized carbons (Fsp3) is 0.371. The number of carbonyl (C=O) groups is 1. The molecule has 1 saturated heterocycles. The van der Waals surface area contributed by atoms with Gasteiger partial charge in [-0.05, 0) is 69.0 Å². The van der Waals surface area contributed by atoms with Crippen LogP contribution in [0.1, 0.15) is 56.6 Å². The van der Waals surface area contributed by atoms with Crippen molar-refractivity contribution in [3.8, 4) is 29.1 Å². The molecule has 44 heavy (non-hydrogen) atoms. The summed E-state index contributed by atoms with van der Waals surface area (Å²) in [5.74, 6) is 1.22. The SMILES string of the molecule is Cc1cc2c(c(O)c1C)[C@H]1C3Cc4c(O)c(C)c5c(c4[C@H](CNC(=O)/C=C/c4ccccc4)N3[C@@H](C#N)[C@H](C2)N1C)OCO5. The van der Waals surface area contributed by atoms with Gasteiger partial charge in [0.05, 0.1) is 18.2 Å². The van der Waals surface area contributed by atoms with Gasteiger partial charge in [-0.3, -0.25) is 14.6 Å². The first-order valence-electron chi connectivity index (χ1n) is 15.1. The number of carbonyl (C=O) groups excluding carboxylic acids is 1. The zero-order valence-corrected chi connectivity index (χ0v) is 25.3. The predicted octanol–water partition coefficient (Wildman–Crippen LogP) is 4.35. The van der Waals surface area contributed by atoms with Gasteiger partial charge in [0.1, 0.15) is 17.5 Å². The maximum atomic E-state index is 13.1. The summed E-state index contributed by atoms with van der Waals surface area (Å²) in [4.78, 5) is 17.6. The van der Waals surface area contributed by atoms with Crippen LogP contribution in [0, 0.1) is 32.1 Å². The molecule has 9 heteroatoms. The van der Waals surface area contributed by atoms with Crippen molar-refractivity contribution in [3.05, 3.63) is 87.0 Å². The number of nitriles is 1. The van der Waals surface area contributed by atoms with Gasteiger partial charge in [0.25, 0.3) is 0 Å². The van der Waals surface area contributed by atoms with Crippen LogP contribution in [0.25, 0.3) is 6.08 Å². The summed E-state index contributed by atoms with van der Waals surface area (Å²) in [6.07, 6.45) is 4.32. The quantitative estimate of drug-likeness (QED) is 0.383. The number of nitrogens with zero attached hydrogens (tertiary/aromatic N) is 3. The number of piperazine rings is 1. The number of hydrogen-bond donors (Lipinski definition) is 3. The van der Waals surface area contributed by atoms with E-state index in [1.165, 1.54) is 6.08 Å². The Labute approximate surface area is 256 Å². The number of likely N-dealkylation sites (N-methyl/N-ethyl adjacent to an activating group) is 1. The third-order valence-electron chi connectivity index (χ3n) is 10.2. The van der Waals surface area contributed by atoms with Crippen LogP contribution in [0.3, 0.4) is 0 Å². The Hall–Kier alpha value is -4.52. The molecule has 4 aliphatic rings. The first kappa shape index (κ1) is 28.3. The van der Waals surface area contributed by atoms with Crippen molar-refractivity contribution >= 4 is 12.0 Å². The van der Waals surface area contributed by atoms with Gasteiger partial charge in [0.15, 0.2) is 11.5 Å². The zero-order valence-electron chi connectivity index (χ0n) is 25.3. The second-order valence-corrected chi connectivity index (χ2v) is 12.3. The van der Waals surface area contributed by atoms with Crippen LogP contribution in [0.2, 0.25) is 0 Å². The number of aromatic hydroxyl groups is 2. The smallest absolute Gasteiger partial charge is 0.244 e. The van der Waals surface area contributed by atoms with Gasteiger partial charge in [-0.2, -0.15) is 5.26 Å². The van der Waals surface area contributed by atoms with Crippen molar-refractivity contribution in [1.29, 1.82) is 5.26 Å². The van der Waals surface area contributed by atoms with Gasteiger partial charge in [-0.1, -0.05) is 36.4 Å². The molecule has 3 aromatic carbocycles. The van der Waals surface area contributed by atoms with E-state index in [-0.39, 0.29) is 43.1 Å². The molecular formula is C35H36N4O5. The molecule has 1 unspecified atom stereocenters. The molecule has 9 nitrogen and oxygen atoms in total. The second-order valence-electron chi connectivity index (χ2n) is 12.3. The van der Waals surface area contributed by atoms with E-state index in [1.54, 1.807) is 6.08 Å². The Morgan fingerprint density at radius 3 is 2.55 bits per heavy atom. The van der Waals surface area contributed by atoms with E-state index >= 15 is 0 Å². The Bertz CT molecular complexity index is 1750. The lowest BCUT2D eigenvalue weighted by atomic mass is 9.71. The Morgan fingerprint density at radius 1 is 1.05 bits per heavy atom. The van der Waals surface area contributed by atoms with Crippen molar-refractivity contribution in [2.24, 2.45) is 0 Å². The molecule has 1 fully saturated rings. The maximum absolute atomic E-state index is 13.1. The molecule has 0 aromatic heterocycles. The molecule has 0 saturated carbocycles. The van der Waals surface area contributed by atoms with E-state index in [1.807, 2.05) is 58.2 Å². The lowest BCUT2D eigenvalue weighted by molar-refractivity contribution is -0.117. The molecule has 4 heterocycles. The minimum atomic E-state index is -0.519. The van der Waals surface area contributed by atoms with E-state index < -0.39 is 12.1 Å². The minimum absolute atomic E-state index is 0.0317. The third kappa shape index (κ3) is 4.16. The zero-order chi connectivity index (χ0) is 30.9. The van der Waals surface area contributed by atoms with Crippen LogP contribution < -0.4 is 14.8 Å². The topological polar surface area (TPSA) is 118 Å². The number of amides is 1. The molecule has 1 amide bonds. The Morgan fingerprint density at radius 2 is 1.80 bits per heavy atom. The lowest BCUT2D eigenvalue weighted by Gasteiger charge is -2.60. The largest absolute Gasteiger partial charge is 0.507 e. The summed E-state index contributed by atoms with van der Waals surface area (Å²) in [6, 6.07) is 12.7. The summed E-state index contributed by atoms with van der Waals surface area (Å²) in [5, 5.41) is 36.9. The normalized spacial score (nSPS) is 25.2. The molecular weight excluding hydrogens is 556 g/mol. The van der Waals surface area contributed by atoms with Crippen LogP contribution in [-0.4, -0.2) is 64.4 Å². The maximum Gasteiger partial charge on any atom is 0.244 e. The van der Waals surface area contributed by atoms with Crippen molar-refractivity contribution < 1.29 is 24.5 Å². The summed E-state index contributed by atoms with van der Waals surface area (Å²) in [7, 11) is 2.03. The highest BCUT2D eigenvalue weighted by atomic mass is 16.7. The minimum Gasteiger partial charge on any atom is -0.507 e. The van der Waals surface area contributed by atoms with E-state index in [9.17, 15) is 20.3 Å². The highest BCUT2D eigenvalue weighted by molar-refractivity contribution is 5.91. The van der Waals surface area contributed by atoms with Crippen LogP contribution in [0.15, 0.2) is 42.5 Å². The summed E-state index contributed by atoms with van der Waals surface area (Å²) < 4.78 is 11.8.